The summed E-state index contributed by atoms with van der Waals surface area (Å²) in [6, 6.07) is 3.59. The molecule has 1 rings (SSSR count). The first-order chi connectivity index (χ1) is 6.43. The minimum absolute atomic E-state index is 0.506. The molecule has 0 spiro atoms. The summed E-state index contributed by atoms with van der Waals surface area (Å²) in [5.41, 5.74) is 14.0. The van der Waals surface area contributed by atoms with E-state index in [1.807, 2.05) is 13.8 Å². The normalized spacial score (nSPS) is 12.5. The Morgan fingerprint density at radius 3 is 2.36 bits per heavy atom. The van der Waals surface area contributed by atoms with E-state index in [2.05, 4.69) is 0 Å². The summed E-state index contributed by atoms with van der Waals surface area (Å²) in [4.78, 5) is 10.9. The van der Waals surface area contributed by atoms with Crippen molar-refractivity contribution < 1.29 is 4.79 Å². The second-order valence-electron chi connectivity index (χ2n) is 3.33. The van der Waals surface area contributed by atoms with E-state index in [0.29, 0.717) is 11.3 Å². The van der Waals surface area contributed by atoms with Crippen LogP contribution in [0.3, 0.4) is 0 Å². The Bertz CT molecular complexity index is 377. The van der Waals surface area contributed by atoms with Crippen LogP contribution in [0.15, 0.2) is 12.1 Å². The van der Waals surface area contributed by atoms with Crippen molar-refractivity contribution in [2.75, 3.05) is 5.73 Å². The van der Waals surface area contributed by atoms with Gasteiger partial charge < -0.3 is 11.5 Å². The van der Waals surface area contributed by atoms with E-state index in [-0.39, 0.29) is 0 Å². The predicted octanol–water partition coefficient (Wildman–Crippen LogP) is 1.65. The molecule has 0 radical (unpaired) electrons. The van der Waals surface area contributed by atoms with Gasteiger partial charge in [0, 0.05) is 11.3 Å². The fraction of sp³-hybridized carbons (Fsp3) is 0.300. The maximum absolute atomic E-state index is 10.9. The lowest BCUT2D eigenvalue weighted by atomic mass is 10.0. The van der Waals surface area contributed by atoms with Gasteiger partial charge in [-0.15, -0.1) is 11.6 Å². The molecule has 4 N–H and O–H groups in total. The molecule has 4 heteroatoms. The number of hydrogen-bond acceptors (Lipinski definition) is 2. The lowest BCUT2D eigenvalue weighted by molar-refractivity contribution is -0.117. The van der Waals surface area contributed by atoms with Crippen LogP contribution >= 0.6 is 11.6 Å². The van der Waals surface area contributed by atoms with E-state index < -0.39 is 11.3 Å². The van der Waals surface area contributed by atoms with Gasteiger partial charge in [0.1, 0.15) is 5.38 Å². The molecule has 0 aliphatic heterocycles. The highest BCUT2D eigenvalue weighted by molar-refractivity contribution is 6.31. The Labute approximate surface area is 88.0 Å². The maximum atomic E-state index is 10.9. The number of carbonyl (C=O) groups excluding carboxylic acids is 1. The van der Waals surface area contributed by atoms with Gasteiger partial charge in [-0.25, -0.2) is 0 Å². The topological polar surface area (TPSA) is 69.1 Å². The van der Waals surface area contributed by atoms with Crippen molar-refractivity contribution in [1.82, 2.24) is 0 Å². The molecule has 0 saturated carbocycles. The van der Waals surface area contributed by atoms with Crippen molar-refractivity contribution in [3.8, 4) is 0 Å². The number of alkyl halides is 1. The van der Waals surface area contributed by atoms with Crippen LogP contribution in [0.4, 0.5) is 5.69 Å². The Morgan fingerprint density at radius 2 is 1.86 bits per heavy atom. The second kappa shape index (κ2) is 3.88. The van der Waals surface area contributed by atoms with Crippen LogP contribution < -0.4 is 11.5 Å². The molecule has 14 heavy (non-hydrogen) atoms. The Hall–Kier alpha value is -1.22. The first kappa shape index (κ1) is 10.9. The van der Waals surface area contributed by atoms with E-state index in [1.165, 1.54) is 0 Å². The van der Waals surface area contributed by atoms with Crippen molar-refractivity contribution in [3.05, 3.63) is 28.8 Å². The van der Waals surface area contributed by atoms with E-state index >= 15 is 0 Å². The average Bonchev–Trinajstić information content (AvgIpc) is 2.10. The molecule has 0 bridgehead atoms. The smallest absolute Gasteiger partial charge is 0.240 e. The summed E-state index contributed by atoms with van der Waals surface area (Å²) in [6.07, 6.45) is 0. The van der Waals surface area contributed by atoms with Crippen LogP contribution in [0.1, 0.15) is 22.1 Å². The molecule has 1 atom stereocenters. The molecule has 0 aliphatic carbocycles. The van der Waals surface area contributed by atoms with Crippen LogP contribution in [0.25, 0.3) is 0 Å². The zero-order valence-electron chi connectivity index (χ0n) is 8.17. The monoisotopic (exact) mass is 212 g/mol. The molecule has 0 heterocycles. The summed E-state index contributed by atoms with van der Waals surface area (Å²) in [6.45, 7) is 3.88. The number of halogens is 1. The number of nitrogen functional groups attached to an aromatic ring is 1. The maximum Gasteiger partial charge on any atom is 0.240 e. The van der Waals surface area contributed by atoms with Gasteiger partial charge in [-0.3, -0.25) is 4.79 Å². The number of nitrogens with two attached hydrogens (primary N) is 2. The van der Waals surface area contributed by atoms with E-state index in [9.17, 15) is 4.79 Å². The van der Waals surface area contributed by atoms with Crippen molar-refractivity contribution >= 4 is 23.2 Å². The number of benzene rings is 1. The molecule has 3 nitrogen and oxygen atoms in total. The minimum Gasteiger partial charge on any atom is -0.398 e. The number of hydrogen-bond donors (Lipinski definition) is 2. The third kappa shape index (κ3) is 1.99. The first-order valence-electron chi connectivity index (χ1n) is 4.23. The summed E-state index contributed by atoms with van der Waals surface area (Å²) < 4.78 is 0. The van der Waals surface area contributed by atoms with Gasteiger partial charge in [0.2, 0.25) is 5.91 Å². The molecule has 0 aliphatic rings. The standard InChI is InChI=1S/C10H13ClN2O/c1-5-3-7(9(11)10(13)14)8(12)4-6(5)2/h3-4,9H,12H2,1-2H3,(H2,13,14). The fourth-order valence-corrected chi connectivity index (χ4v) is 1.42. The van der Waals surface area contributed by atoms with Crippen molar-refractivity contribution in [2.45, 2.75) is 19.2 Å². The van der Waals surface area contributed by atoms with Crippen LogP contribution in [0.5, 0.6) is 0 Å². The van der Waals surface area contributed by atoms with Crippen molar-refractivity contribution in [1.29, 1.82) is 0 Å². The highest BCUT2D eigenvalue weighted by Gasteiger charge is 2.17. The average molecular weight is 213 g/mol. The molecule has 0 fully saturated rings. The van der Waals surface area contributed by atoms with Crippen molar-refractivity contribution in [2.24, 2.45) is 5.73 Å². The third-order valence-corrected chi connectivity index (χ3v) is 2.67. The van der Waals surface area contributed by atoms with Crippen LogP contribution in [-0.4, -0.2) is 5.91 Å². The van der Waals surface area contributed by atoms with Crippen molar-refractivity contribution in [3.63, 3.8) is 0 Å². The number of rotatable bonds is 2. The van der Waals surface area contributed by atoms with Gasteiger partial charge >= 0.3 is 0 Å². The van der Waals surface area contributed by atoms with E-state index in [0.717, 1.165) is 11.1 Å². The van der Waals surface area contributed by atoms with Gasteiger partial charge in [-0.1, -0.05) is 6.07 Å². The zero-order valence-corrected chi connectivity index (χ0v) is 8.93. The summed E-state index contributed by atoms with van der Waals surface area (Å²) in [5.74, 6) is -0.582. The van der Waals surface area contributed by atoms with Gasteiger partial charge in [-0.05, 0) is 31.0 Å². The zero-order chi connectivity index (χ0) is 10.9. The van der Waals surface area contributed by atoms with E-state index in [1.54, 1.807) is 12.1 Å². The summed E-state index contributed by atoms with van der Waals surface area (Å²) in [5, 5.41) is -0.853. The highest BCUT2D eigenvalue weighted by atomic mass is 35.5. The number of amides is 1. The van der Waals surface area contributed by atoms with Crippen LogP contribution in [-0.2, 0) is 4.79 Å². The number of aryl methyl sites for hydroxylation is 2. The van der Waals surface area contributed by atoms with Gasteiger partial charge in [-0.2, -0.15) is 0 Å². The molecule has 1 aromatic rings. The Kier molecular flexibility index (Phi) is 3.01. The summed E-state index contributed by atoms with van der Waals surface area (Å²) >= 11 is 5.82. The van der Waals surface area contributed by atoms with Gasteiger partial charge in [0.25, 0.3) is 0 Å². The Balaban J connectivity index is 3.22. The predicted molar refractivity (Wildman–Crippen MR) is 58.1 cm³/mol. The molecule has 0 saturated heterocycles. The van der Waals surface area contributed by atoms with Crippen LogP contribution in [0, 0.1) is 13.8 Å². The quantitative estimate of drug-likeness (QED) is 0.578. The lowest BCUT2D eigenvalue weighted by Crippen LogP contribution is -2.18. The number of primary amides is 1. The number of carbonyl (C=O) groups is 1. The minimum atomic E-state index is -0.853. The SMILES string of the molecule is Cc1cc(N)c(C(Cl)C(N)=O)cc1C. The van der Waals surface area contributed by atoms with Crippen LogP contribution in [0.2, 0.25) is 0 Å². The number of anilines is 1. The molecular weight excluding hydrogens is 200 g/mol. The highest BCUT2D eigenvalue weighted by Crippen LogP contribution is 2.28. The third-order valence-electron chi connectivity index (χ3n) is 2.22. The molecule has 1 unspecified atom stereocenters. The van der Waals surface area contributed by atoms with E-state index in [4.69, 9.17) is 23.1 Å². The lowest BCUT2D eigenvalue weighted by Gasteiger charge is -2.11. The second-order valence-corrected chi connectivity index (χ2v) is 3.77. The summed E-state index contributed by atoms with van der Waals surface area (Å²) in [7, 11) is 0. The molecule has 76 valence electrons. The molecule has 1 aromatic carbocycles. The van der Waals surface area contributed by atoms with Gasteiger partial charge in [0.15, 0.2) is 0 Å². The fourth-order valence-electron chi connectivity index (χ4n) is 1.23. The molecule has 1 amide bonds. The molecular formula is C10H13ClN2O. The van der Waals surface area contributed by atoms with Gasteiger partial charge in [0.05, 0.1) is 0 Å². The first-order valence-corrected chi connectivity index (χ1v) is 4.67. The Morgan fingerprint density at radius 1 is 1.36 bits per heavy atom. The molecule has 0 aromatic heterocycles. The largest absolute Gasteiger partial charge is 0.398 e.